The van der Waals surface area contributed by atoms with Crippen molar-refractivity contribution in [2.45, 2.75) is 27.3 Å². The van der Waals surface area contributed by atoms with Gasteiger partial charge in [-0.2, -0.15) is 0 Å². The van der Waals surface area contributed by atoms with E-state index in [1.165, 1.54) is 0 Å². The summed E-state index contributed by atoms with van der Waals surface area (Å²) in [5.74, 6) is 2.14. The van der Waals surface area contributed by atoms with E-state index in [0.29, 0.717) is 24.5 Å². The zero-order valence-corrected chi connectivity index (χ0v) is 15.2. The summed E-state index contributed by atoms with van der Waals surface area (Å²) < 4.78 is 5.51. The predicted octanol–water partition coefficient (Wildman–Crippen LogP) is 3.46. The average Bonchev–Trinajstić information content (AvgIpc) is 2.65. The molecule has 0 amide bonds. The number of aromatic nitrogens is 3. The minimum absolute atomic E-state index is 0.121. The van der Waals surface area contributed by atoms with E-state index >= 15 is 0 Å². The Hall–Kier alpha value is -3.15. The van der Waals surface area contributed by atoms with E-state index in [9.17, 15) is 4.79 Å². The third-order valence-corrected chi connectivity index (χ3v) is 4.11. The smallest absolute Gasteiger partial charge is 0.254 e. The fourth-order valence-corrected chi connectivity index (χ4v) is 2.52. The molecule has 2 aromatic heterocycles. The number of nitrogens with zero attached hydrogens (tertiary/aromatic N) is 2. The monoisotopic (exact) mass is 350 g/mol. The van der Waals surface area contributed by atoms with Gasteiger partial charge in [0.1, 0.15) is 17.4 Å². The normalized spacial score (nSPS) is 10.6. The highest BCUT2D eigenvalue weighted by Crippen LogP contribution is 2.17. The Balaban J connectivity index is 1.70. The number of benzene rings is 1. The Morgan fingerprint density at radius 2 is 2.04 bits per heavy atom. The Labute approximate surface area is 152 Å². The Morgan fingerprint density at radius 3 is 2.73 bits per heavy atom. The fraction of sp³-hybridized carbons (Fsp3) is 0.250. The number of pyridine rings is 1. The molecular formula is C20H22N4O2. The van der Waals surface area contributed by atoms with Crippen molar-refractivity contribution in [3.63, 3.8) is 0 Å². The van der Waals surface area contributed by atoms with Crippen LogP contribution in [0.1, 0.15) is 23.7 Å². The van der Waals surface area contributed by atoms with Crippen LogP contribution in [-0.4, -0.2) is 21.6 Å². The maximum atomic E-state index is 11.9. The van der Waals surface area contributed by atoms with Crippen molar-refractivity contribution in [2.75, 3.05) is 11.9 Å². The molecular weight excluding hydrogens is 328 g/mol. The minimum Gasteiger partial charge on any atom is -0.494 e. The first-order valence-corrected chi connectivity index (χ1v) is 8.56. The minimum atomic E-state index is -0.121. The standard InChI is InChI=1S/C20H22N4O2/c1-4-26-17-7-5-6-15(10-17)11-21-18-9-8-16(12-22-18)19-23-14(3)13(2)20(25)24-19/h5-10,12H,4,11H2,1-3H3,(H,21,22)(H,23,24,25). The number of aryl methyl sites for hydroxylation is 1. The van der Waals surface area contributed by atoms with Gasteiger partial charge < -0.3 is 15.0 Å². The largest absolute Gasteiger partial charge is 0.494 e. The van der Waals surface area contributed by atoms with E-state index in [1.807, 2.05) is 50.2 Å². The molecule has 2 heterocycles. The second-order valence-electron chi connectivity index (χ2n) is 5.99. The van der Waals surface area contributed by atoms with Crippen LogP contribution in [-0.2, 0) is 6.54 Å². The molecule has 0 aliphatic heterocycles. The third kappa shape index (κ3) is 4.08. The lowest BCUT2D eigenvalue weighted by molar-refractivity contribution is 0.340. The SMILES string of the molecule is CCOc1cccc(CNc2ccc(-c3nc(C)c(C)c(=O)[nH]3)cn2)c1. The molecule has 6 nitrogen and oxygen atoms in total. The summed E-state index contributed by atoms with van der Waals surface area (Å²) in [6.45, 7) is 6.85. The Morgan fingerprint density at radius 1 is 1.19 bits per heavy atom. The van der Waals surface area contributed by atoms with E-state index < -0.39 is 0 Å². The topological polar surface area (TPSA) is 79.9 Å². The molecule has 134 valence electrons. The van der Waals surface area contributed by atoms with Gasteiger partial charge in [-0.25, -0.2) is 9.97 Å². The first-order valence-electron chi connectivity index (χ1n) is 8.56. The highest BCUT2D eigenvalue weighted by Gasteiger charge is 2.06. The van der Waals surface area contributed by atoms with Gasteiger partial charge in [-0.1, -0.05) is 12.1 Å². The van der Waals surface area contributed by atoms with Crippen LogP contribution in [0.4, 0.5) is 5.82 Å². The van der Waals surface area contributed by atoms with Crippen molar-refractivity contribution in [1.29, 1.82) is 0 Å². The molecule has 1 aromatic carbocycles. The second-order valence-corrected chi connectivity index (χ2v) is 5.99. The molecule has 0 atom stereocenters. The zero-order chi connectivity index (χ0) is 18.5. The molecule has 0 saturated heterocycles. The van der Waals surface area contributed by atoms with Crippen LogP contribution in [0.2, 0.25) is 0 Å². The summed E-state index contributed by atoms with van der Waals surface area (Å²) in [5.41, 5.74) is 3.12. The fourth-order valence-electron chi connectivity index (χ4n) is 2.52. The van der Waals surface area contributed by atoms with Crippen LogP contribution < -0.4 is 15.6 Å². The van der Waals surface area contributed by atoms with Crippen molar-refractivity contribution in [2.24, 2.45) is 0 Å². The van der Waals surface area contributed by atoms with Crippen molar-refractivity contribution in [3.8, 4) is 17.1 Å². The maximum Gasteiger partial charge on any atom is 0.254 e. The summed E-state index contributed by atoms with van der Waals surface area (Å²) >= 11 is 0. The first-order chi connectivity index (χ1) is 12.6. The van der Waals surface area contributed by atoms with Gasteiger partial charge in [-0.15, -0.1) is 0 Å². The Kier molecular flexibility index (Phi) is 5.31. The molecule has 26 heavy (non-hydrogen) atoms. The van der Waals surface area contributed by atoms with Crippen molar-refractivity contribution in [3.05, 3.63) is 69.8 Å². The number of hydrogen-bond acceptors (Lipinski definition) is 5. The molecule has 2 N–H and O–H groups in total. The van der Waals surface area contributed by atoms with Gasteiger partial charge in [0.05, 0.1) is 6.61 Å². The summed E-state index contributed by atoms with van der Waals surface area (Å²) in [7, 11) is 0. The summed E-state index contributed by atoms with van der Waals surface area (Å²) in [6, 6.07) is 11.7. The van der Waals surface area contributed by atoms with E-state index in [-0.39, 0.29) is 5.56 Å². The molecule has 3 aromatic rings. The quantitative estimate of drug-likeness (QED) is 0.712. The van der Waals surface area contributed by atoms with Crippen molar-refractivity contribution in [1.82, 2.24) is 15.0 Å². The molecule has 0 unspecified atom stereocenters. The van der Waals surface area contributed by atoms with Gasteiger partial charge >= 0.3 is 0 Å². The van der Waals surface area contributed by atoms with Gasteiger partial charge in [0.15, 0.2) is 0 Å². The zero-order valence-electron chi connectivity index (χ0n) is 15.2. The van der Waals surface area contributed by atoms with Crippen molar-refractivity contribution >= 4 is 5.82 Å². The number of H-pyrrole nitrogens is 1. The molecule has 6 heteroatoms. The number of ether oxygens (including phenoxy) is 1. The lowest BCUT2D eigenvalue weighted by Crippen LogP contribution is -2.14. The van der Waals surface area contributed by atoms with Gasteiger partial charge in [0.25, 0.3) is 5.56 Å². The molecule has 0 fully saturated rings. The number of hydrogen-bond donors (Lipinski definition) is 2. The van der Waals surface area contributed by atoms with Crippen LogP contribution in [0.15, 0.2) is 47.4 Å². The molecule has 0 saturated carbocycles. The summed E-state index contributed by atoms with van der Waals surface area (Å²) in [4.78, 5) is 23.5. The van der Waals surface area contributed by atoms with E-state index in [2.05, 4.69) is 20.3 Å². The van der Waals surface area contributed by atoms with Crippen LogP contribution in [0.3, 0.4) is 0 Å². The molecule has 0 radical (unpaired) electrons. The van der Waals surface area contributed by atoms with Crippen LogP contribution in [0, 0.1) is 13.8 Å². The second kappa shape index (κ2) is 7.82. The lowest BCUT2D eigenvalue weighted by atomic mass is 10.2. The van der Waals surface area contributed by atoms with Crippen molar-refractivity contribution < 1.29 is 4.74 Å². The highest BCUT2D eigenvalue weighted by atomic mass is 16.5. The van der Waals surface area contributed by atoms with Gasteiger partial charge in [-0.05, 0) is 50.6 Å². The number of nitrogens with one attached hydrogen (secondary N) is 2. The van der Waals surface area contributed by atoms with Gasteiger partial charge in [-0.3, -0.25) is 4.79 Å². The van der Waals surface area contributed by atoms with Gasteiger partial charge in [0.2, 0.25) is 0 Å². The number of aromatic amines is 1. The van der Waals surface area contributed by atoms with Gasteiger partial charge in [0, 0.05) is 29.6 Å². The third-order valence-electron chi connectivity index (χ3n) is 4.11. The van der Waals surface area contributed by atoms with E-state index in [1.54, 1.807) is 13.1 Å². The molecule has 0 aliphatic rings. The van der Waals surface area contributed by atoms with Crippen LogP contribution in [0.25, 0.3) is 11.4 Å². The summed E-state index contributed by atoms with van der Waals surface area (Å²) in [5, 5.41) is 3.28. The van der Waals surface area contributed by atoms with Crippen LogP contribution >= 0.6 is 0 Å². The highest BCUT2D eigenvalue weighted by molar-refractivity contribution is 5.56. The number of rotatable bonds is 6. The lowest BCUT2D eigenvalue weighted by Gasteiger charge is -2.09. The van der Waals surface area contributed by atoms with Crippen LogP contribution in [0.5, 0.6) is 5.75 Å². The molecule has 0 spiro atoms. The number of anilines is 1. The first kappa shape index (κ1) is 17.7. The molecule has 0 bridgehead atoms. The maximum absolute atomic E-state index is 11.9. The molecule has 0 aliphatic carbocycles. The summed E-state index contributed by atoms with van der Waals surface area (Å²) in [6.07, 6.45) is 1.70. The Bertz CT molecular complexity index is 949. The van der Waals surface area contributed by atoms with E-state index in [0.717, 1.165) is 28.4 Å². The average molecular weight is 350 g/mol. The predicted molar refractivity (Wildman–Crippen MR) is 103 cm³/mol. The molecule has 3 rings (SSSR count). The van der Waals surface area contributed by atoms with E-state index in [4.69, 9.17) is 4.74 Å².